The predicted octanol–water partition coefficient (Wildman–Crippen LogP) is 10.9. The highest BCUT2D eigenvalue weighted by atomic mass is 79.9. The zero-order valence-corrected chi connectivity index (χ0v) is 36.5. The number of hydrogen-bond donors (Lipinski definition) is 0. The number of halogens is 1. The highest BCUT2D eigenvalue weighted by molar-refractivity contribution is 9.10. The fourth-order valence-electron chi connectivity index (χ4n) is 8.22. The minimum absolute atomic E-state index is 0.125. The minimum Gasteiger partial charge on any atom is -0.256 e. The topological polar surface area (TPSA) is 99.5 Å². The monoisotopic (exact) mass is 904 g/mol. The number of rotatable bonds is 10. The molecule has 11 heteroatoms. The highest BCUT2D eigenvalue weighted by Crippen LogP contribution is 2.49. The highest BCUT2D eigenvalue weighted by Gasteiger charge is 2.48. The Balaban J connectivity index is 1.28. The second-order valence-corrected chi connectivity index (χ2v) is 19.6. The largest absolute Gasteiger partial charge is 0.266 e. The molecule has 2 aliphatic heterocycles. The summed E-state index contributed by atoms with van der Waals surface area (Å²) in [6.07, 6.45) is 0. The van der Waals surface area contributed by atoms with E-state index in [1.807, 2.05) is 147 Å². The summed E-state index contributed by atoms with van der Waals surface area (Å²) in [6, 6.07) is 54.8. The van der Waals surface area contributed by atoms with Crippen LogP contribution in [-0.2, 0) is 20.0 Å². The number of aryl methyl sites for hydroxylation is 2. The molecule has 0 fully saturated rings. The van der Waals surface area contributed by atoms with Crippen LogP contribution >= 0.6 is 15.9 Å². The maximum Gasteiger partial charge on any atom is 0.266 e. The van der Waals surface area contributed by atoms with E-state index in [2.05, 4.69) is 15.9 Å². The van der Waals surface area contributed by atoms with Crippen LogP contribution in [0, 0.1) is 13.8 Å². The Morgan fingerprint density at radius 2 is 0.721 bits per heavy atom. The van der Waals surface area contributed by atoms with Crippen LogP contribution in [0.2, 0.25) is 0 Å². The second kappa shape index (κ2) is 16.4. The van der Waals surface area contributed by atoms with Gasteiger partial charge in [0.1, 0.15) is 23.8 Å². The lowest BCUT2D eigenvalue weighted by molar-refractivity contribution is 0.420. The number of aliphatic imine (C=N–C) groups is 2. The third-order valence-corrected chi connectivity index (χ3v) is 15.7. The van der Waals surface area contributed by atoms with E-state index in [4.69, 9.17) is 9.98 Å². The van der Waals surface area contributed by atoms with Crippen LogP contribution in [0.3, 0.4) is 0 Å². The summed E-state index contributed by atoms with van der Waals surface area (Å²) in [4.78, 5) is 10.9. The molecule has 0 unspecified atom stereocenters. The lowest BCUT2D eigenvalue weighted by Crippen LogP contribution is -2.39. The van der Waals surface area contributed by atoms with Crippen molar-refractivity contribution in [1.29, 1.82) is 0 Å². The lowest BCUT2D eigenvalue weighted by Gasteiger charge is -2.32. The molecule has 304 valence electrons. The van der Waals surface area contributed by atoms with E-state index in [1.54, 1.807) is 54.6 Å². The summed E-state index contributed by atoms with van der Waals surface area (Å²) in [5.41, 5.74) is 6.00. The summed E-state index contributed by atoms with van der Waals surface area (Å²) < 4.78 is 64.2. The van der Waals surface area contributed by atoms with Gasteiger partial charge in [-0.3, -0.25) is 9.98 Å². The van der Waals surface area contributed by atoms with Crippen LogP contribution < -0.4 is 0 Å². The molecule has 0 radical (unpaired) electrons. The van der Waals surface area contributed by atoms with Gasteiger partial charge >= 0.3 is 0 Å². The van der Waals surface area contributed by atoms with Gasteiger partial charge < -0.3 is 0 Å². The molecule has 0 amide bonds. The third-order valence-electron chi connectivity index (χ3n) is 11.2. The summed E-state index contributed by atoms with van der Waals surface area (Å²) in [5, 5.41) is 0. The zero-order valence-electron chi connectivity index (χ0n) is 33.3. The Hall–Kier alpha value is -6.14. The Morgan fingerprint density at radius 3 is 1.05 bits per heavy atom. The van der Waals surface area contributed by atoms with Crippen molar-refractivity contribution >= 4 is 47.6 Å². The lowest BCUT2D eigenvalue weighted by atomic mass is 9.95. The number of nitrogens with zero attached hydrogens (tertiary/aromatic N) is 4. The summed E-state index contributed by atoms with van der Waals surface area (Å²) in [7, 11) is -8.52. The number of amidine groups is 2. The first-order chi connectivity index (χ1) is 29.5. The second-order valence-electron chi connectivity index (χ2n) is 15.2. The Morgan fingerprint density at radius 1 is 0.410 bits per heavy atom. The molecule has 0 saturated heterocycles. The molecule has 0 spiro atoms. The third kappa shape index (κ3) is 7.41. The average molecular weight is 906 g/mol. The number of benzene rings is 7. The molecule has 7 aromatic carbocycles. The SMILES string of the molecule is Cc1ccc(S(=O)(=O)N2C(c3cccc(C4=N[C@@H](c5ccccc5)[C@H](c5ccccc5)N4S(=O)(=O)c4ccc(C)cc4)c3Br)=N[C@@H](c3ccccc3)[C@@H]2c2ccccc2)cc1. The van der Waals surface area contributed by atoms with Gasteiger partial charge in [0, 0.05) is 15.6 Å². The summed E-state index contributed by atoms with van der Waals surface area (Å²) in [5.74, 6) is 0.422. The fourth-order valence-corrected chi connectivity index (χ4v) is 12.1. The summed E-state index contributed by atoms with van der Waals surface area (Å²) in [6.45, 7) is 3.83. The Kier molecular flexibility index (Phi) is 10.8. The quantitative estimate of drug-likeness (QED) is 0.136. The van der Waals surface area contributed by atoms with Crippen molar-refractivity contribution in [2.24, 2.45) is 9.98 Å². The fraction of sp³-hybridized carbons (Fsp3) is 0.120. The van der Waals surface area contributed by atoms with Gasteiger partial charge in [-0.05, 0) is 76.3 Å². The van der Waals surface area contributed by atoms with Crippen LogP contribution in [0.1, 0.15) is 68.7 Å². The first-order valence-electron chi connectivity index (χ1n) is 19.9. The van der Waals surface area contributed by atoms with Crippen molar-refractivity contribution in [3.63, 3.8) is 0 Å². The average Bonchev–Trinajstić information content (AvgIpc) is 3.90. The molecule has 7 aromatic rings. The number of hydrogen-bond acceptors (Lipinski definition) is 6. The van der Waals surface area contributed by atoms with Gasteiger partial charge in [0.15, 0.2) is 0 Å². The van der Waals surface area contributed by atoms with Crippen molar-refractivity contribution in [3.05, 3.63) is 237 Å². The zero-order chi connectivity index (χ0) is 42.3. The van der Waals surface area contributed by atoms with Crippen molar-refractivity contribution in [2.45, 2.75) is 47.8 Å². The van der Waals surface area contributed by atoms with E-state index in [1.165, 1.54) is 8.61 Å². The molecular weight excluding hydrogens is 865 g/mol. The molecule has 2 heterocycles. The van der Waals surface area contributed by atoms with Gasteiger partial charge in [0.2, 0.25) is 0 Å². The Labute approximate surface area is 365 Å². The summed E-state index contributed by atoms with van der Waals surface area (Å²) >= 11 is 3.92. The standard InChI is InChI=1S/C50H41BrN4O4S2/c1-34-26-30-40(31-27-34)60(56,57)54-47(38-20-11-5-12-21-38)45(36-16-7-3-8-17-36)52-49(54)42-24-15-25-43(44(42)51)50-53-46(37-18-9-4-10-19-37)48(39-22-13-6-14-23-39)55(50)61(58,59)41-32-28-35(2)29-33-41/h3-33,45-48H,1-2H3/t45-,46-,47-,48-/m0/s1. The first-order valence-corrected chi connectivity index (χ1v) is 23.6. The van der Waals surface area contributed by atoms with Crippen LogP contribution in [0.5, 0.6) is 0 Å². The minimum atomic E-state index is -4.26. The molecule has 0 N–H and O–H groups in total. The molecule has 2 aliphatic rings. The molecule has 0 saturated carbocycles. The smallest absolute Gasteiger partial charge is 0.256 e. The van der Waals surface area contributed by atoms with Gasteiger partial charge in [-0.15, -0.1) is 0 Å². The van der Waals surface area contributed by atoms with E-state index in [0.29, 0.717) is 15.6 Å². The van der Waals surface area contributed by atoms with Crippen LogP contribution in [-0.4, -0.2) is 37.1 Å². The van der Waals surface area contributed by atoms with Crippen molar-refractivity contribution in [1.82, 2.24) is 8.61 Å². The Bertz CT molecular complexity index is 2790. The molecule has 9 rings (SSSR count). The normalized spacial score (nSPS) is 19.1. The molecule has 8 nitrogen and oxygen atoms in total. The van der Waals surface area contributed by atoms with Crippen LogP contribution in [0.4, 0.5) is 0 Å². The van der Waals surface area contributed by atoms with E-state index >= 15 is 16.8 Å². The molecule has 0 bridgehead atoms. The van der Waals surface area contributed by atoms with Gasteiger partial charge in [-0.1, -0.05) is 175 Å². The molecular formula is C50H41BrN4O4S2. The molecule has 0 aliphatic carbocycles. The van der Waals surface area contributed by atoms with Crippen LogP contribution in [0.15, 0.2) is 212 Å². The number of sulfonamides is 2. The van der Waals surface area contributed by atoms with Gasteiger partial charge in [0.25, 0.3) is 20.0 Å². The van der Waals surface area contributed by atoms with Crippen LogP contribution in [0.25, 0.3) is 0 Å². The first kappa shape index (κ1) is 40.3. The van der Waals surface area contributed by atoms with E-state index in [-0.39, 0.29) is 21.5 Å². The van der Waals surface area contributed by atoms with Gasteiger partial charge in [0.05, 0.1) is 21.9 Å². The van der Waals surface area contributed by atoms with E-state index in [9.17, 15) is 0 Å². The molecule has 0 aromatic heterocycles. The van der Waals surface area contributed by atoms with Gasteiger partial charge in [-0.2, -0.15) is 0 Å². The van der Waals surface area contributed by atoms with Crippen molar-refractivity contribution < 1.29 is 16.8 Å². The molecule has 61 heavy (non-hydrogen) atoms. The van der Waals surface area contributed by atoms with E-state index < -0.39 is 44.2 Å². The predicted molar refractivity (Wildman–Crippen MR) is 244 cm³/mol. The molecule has 4 atom stereocenters. The van der Waals surface area contributed by atoms with E-state index in [0.717, 1.165) is 33.4 Å². The van der Waals surface area contributed by atoms with Crippen molar-refractivity contribution in [2.75, 3.05) is 0 Å². The maximum atomic E-state index is 15.2. The van der Waals surface area contributed by atoms with Crippen molar-refractivity contribution in [3.8, 4) is 0 Å². The maximum absolute atomic E-state index is 15.2. The van der Waals surface area contributed by atoms with Gasteiger partial charge in [-0.25, -0.2) is 25.4 Å².